The zero-order valence-electron chi connectivity index (χ0n) is 8.53. The smallest absolute Gasteiger partial charge is 0.380 e. The van der Waals surface area contributed by atoms with E-state index < -0.39 is 12.3 Å². The van der Waals surface area contributed by atoms with Crippen LogP contribution in [0.5, 0.6) is 0 Å². The molecule has 0 aliphatic heterocycles. The highest BCUT2D eigenvalue weighted by atomic mass is 32.2. The van der Waals surface area contributed by atoms with E-state index >= 15 is 0 Å². The van der Waals surface area contributed by atoms with Crippen LogP contribution in [-0.4, -0.2) is 23.6 Å². The number of thioether (sulfide) groups is 1. The molecule has 0 heterocycles. The third-order valence-electron chi connectivity index (χ3n) is 1.92. The van der Waals surface area contributed by atoms with Gasteiger partial charge in [0, 0.05) is 4.90 Å². The molecule has 16 heavy (non-hydrogen) atoms. The summed E-state index contributed by atoms with van der Waals surface area (Å²) in [5.41, 5.74) is 0.626. The van der Waals surface area contributed by atoms with E-state index in [1.165, 1.54) is 6.08 Å². The maximum atomic E-state index is 12.0. The molecule has 0 amide bonds. The normalized spacial score (nSPS) is 14.3. The maximum absolute atomic E-state index is 12.0. The van der Waals surface area contributed by atoms with Crippen molar-refractivity contribution < 1.29 is 18.3 Å². The van der Waals surface area contributed by atoms with Crippen LogP contribution in [0.1, 0.15) is 5.56 Å². The second-order valence-corrected chi connectivity index (χ2v) is 4.00. The first kappa shape index (κ1) is 13.1. The fraction of sp³-hybridized carbons (Fsp3) is 0.273. The number of aliphatic hydroxyl groups is 1. The van der Waals surface area contributed by atoms with Crippen LogP contribution in [0.15, 0.2) is 35.2 Å². The van der Waals surface area contributed by atoms with Crippen LogP contribution in [0.3, 0.4) is 0 Å². The van der Waals surface area contributed by atoms with Crippen molar-refractivity contribution in [2.75, 3.05) is 6.26 Å². The Kier molecular flexibility index (Phi) is 4.44. The predicted molar refractivity (Wildman–Crippen MR) is 59.3 cm³/mol. The van der Waals surface area contributed by atoms with Gasteiger partial charge >= 0.3 is 6.18 Å². The van der Waals surface area contributed by atoms with Gasteiger partial charge in [-0.25, -0.2) is 0 Å². The molecule has 0 saturated carbocycles. The number of benzene rings is 1. The molecule has 0 fully saturated rings. The molecule has 0 spiro atoms. The quantitative estimate of drug-likeness (QED) is 0.828. The minimum Gasteiger partial charge on any atom is -0.380 e. The Bertz CT molecular complexity index is 356. The Labute approximate surface area is 96.0 Å². The largest absolute Gasteiger partial charge is 0.417 e. The van der Waals surface area contributed by atoms with Crippen LogP contribution in [0.4, 0.5) is 13.2 Å². The van der Waals surface area contributed by atoms with Gasteiger partial charge in [-0.3, -0.25) is 0 Å². The van der Waals surface area contributed by atoms with Crippen LogP contribution in [0.25, 0.3) is 6.08 Å². The first-order valence-electron chi connectivity index (χ1n) is 4.50. The SMILES string of the molecule is CSc1ccc(/C=C/C(O)C(F)(F)F)cc1. The van der Waals surface area contributed by atoms with Gasteiger partial charge in [0.25, 0.3) is 0 Å². The van der Waals surface area contributed by atoms with Gasteiger partial charge < -0.3 is 5.11 Å². The fourth-order valence-electron chi connectivity index (χ4n) is 1.03. The number of hydrogen-bond acceptors (Lipinski definition) is 2. The average molecular weight is 248 g/mol. The summed E-state index contributed by atoms with van der Waals surface area (Å²) in [7, 11) is 0. The molecular weight excluding hydrogens is 237 g/mol. The standard InChI is InChI=1S/C11H11F3OS/c1-16-9-5-2-8(3-6-9)4-7-10(15)11(12,13)14/h2-7,10,15H,1H3/b7-4+. The van der Waals surface area contributed by atoms with E-state index in [1.54, 1.807) is 23.9 Å². The molecule has 1 N–H and O–H groups in total. The van der Waals surface area contributed by atoms with Crippen LogP contribution in [0.2, 0.25) is 0 Å². The summed E-state index contributed by atoms with van der Waals surface area (Å²) in [4.78, 5) is 1.04. The van der Waals surface area contributed by atoms with E-state index in [2.05, 4.69) is 0 Å². The number of alkyl halides is 3. The molecule has 0 radical (unpaired) electrons. The molecule has 1 nitrogen and oxygen atoms in total. The van der Waals surface area contributed by atoms with Gasteiger partial charge in [-0.05, 0) is 30.0 Å². The highest BCUT2D eigenvalue weighted by Gasteiger charge is 2.35. The minimum absolute atomic E-state index is 0.626. The van der Waals surface area contributed by atoms with E-state index in [9.17, 15) is 13.2 Å². The predicted octanol–water partition coefficient (Wildman–Crippen LogP) is 3.34. The summed E-state index contributed by atoms with van der Waals surface area (Å²) in [5, 5.41) is 8.73. The molecule has 0 saturated heterocycles. The molecular formula is C11H11F3OS. The molecule has 1 atom stereocenters. The van der Waals surface area contributed by atoms with Gasteiger partial charge in [0.2, 0.25) is 0 Å². The van der Waals surface area contributed by atoms with E-state index in [1.807, 2.05) is 18.4 Å². The molecule has 1 unspecified atom stereocenters. The lowest BCUT2D eigenvalue weighted by Crippen LogP contribution is -2.25. The van der Waals surface area contributed by atoms with Crippen molar-refractivity contribution in [2.24, 2.45) is 0 Å². The summed E-state index contributed by atoms with van der Waals surface area (Å²) < 4.78 is 35.9. The van der Waals surface area contributed by atoms with Gasteiger partial charge in [-0.2, -0.15) is 13.2 Å². The van der Waals surface area contributed by atoms with Gasteiger partial charge in [-0.1, -0.05) is 18.2 Å². The zero-order valence-corrected chi connectivity index (χ0v) is 9.35. The Morgan fingerprint density at radius 3 is 2.25 bits per heavy atom. The Morgan fingerprint density at radius 1 is 1.25 bits per heavy atom. The van der Waals surface area contributed by atoms with Crippen molar-refractivity contribution >= 4 is 17.8 Å². The van der Waals surface area contributed by atoms with Crippen LogP contribution >= 0.6 is 11.8 Å². The van der Waals surface area contributed by atoms with E-state index in [0.29, 0.717) is 5.56 Å². The molecule has 5 heteroatoms. The number of aliphatic hydroxyl groups excluding tert-OH is 1. The monoisotopic (exact) mass is 248 g/mol. The molecule has 1 aromatic carbocycles. The minimum atomic E-state index is -4.60. The third kappa shape index (κ3) is 3.90. The van der Waals surface area contributed by atoms with Crippen molar-refractivity contribution in [3.63, 3.8) is 0 Å². The molecule has 0 aliphatic rings. The summed E-state index contributed by atoms with van der Waals surface area (Å²) >= 11 is 1.55. The average Bonchev–Trinajstić information content (AvgIpc) is 2.25. The highest BCUT2D eigenvalue weighted by molar-refractivity contribution is 7.98. The van der Waals surface area contributed by atoms with Gasteiger partial charge in [-0.15, -0.1) is 11.8 Å². The topological polar surface area (TPSA) is 20.2 Å². The highest BCUT2D eigenvalue weighted by Crippen LogP contribution is 2.22. The zero-order chi connectivity index (χ0) is 12.2. The van der Waals surface area contributed by atoms with Crippen LogP contribution < -0.4 is 0 Å². The van der Waals surface area contributed by atoms with Crippen molar-refractivity contribution in [3.05, 3.63) is 35.9 Å². The third-order valence-corrected chi connectivity index (χ3v) is 2.67. The second kappa shape index (κ2) is 5.41. The number of rotatable bonds is 3. The summed E-state index contributed by atoms with van der Waals surface area (Å²) in [5.74, 6) is 0. The first-order chi connectivity index (χ1) is 7.43. The Hall–Kier alpha value is -0.940. The van der Waals surface area contributed by atoms with Crippen molar-refractivity contribution in [3.8, 4) is 0 Å². The molecule has 1 aromatic rings. The Morgan fingerprint density at radius 2 is 1.81 bits per heavy atom. The molecule has 0 bridgehead atoms. The lowest BCUT2D eigenvalue weighted by molar-refractivity contribution is -0.187. The summed E-state index contributed by atoms with van der Waals surface area (Å²) in [6, 6.07) is 7.02. The lowest BCUT2D eigenvalue weighted by Gasteiger charge is -2.09. The summed E-state index contributed by atoms with van der Waals surface area (Å²) in [6.45, 7) is 0. The van der Waals surface area contributed by atoms with E-state index in [0.717, 1.165) is 11.0 Å². The van der Waals surface area contributed by atoms with E-state index in [-0.39, 0.29) is 0 Å². The van der Waals surface area contributed by atoms with Crippen LogP contribution in [-0.2, 0) is 0 Å². The van der Waals surface area contributed by atoms with Crippen molar-refractivity contribution in [1.29, 1.82) is 0 Å². The molecule has 1 rings (SSSR count). The lowest BCUT2D eigenvalue weighted by atomic mass is 10.2. The maximum Gasteiger partial charge on any atom is 0.417 e. The molecule has 0 aromatic heterocycles. The second-order valence-electron chi connectivity index (χ2n) is 3.12. The number of hydrogen-bond donors (Lipinski definition) is 1. The fourth-order valence-corrected chi connectivity index (χ4v) is 1.43. The van der Waals surface area contributed by atoms with Crippen molar-refractivity contribution in [2.45, 2.75) is 17.2 Å². The van der Waals surface area contributed by atoms with Gasteiger partial charge in [0.05, 0.1) is 0 Å². The van der Waals surface area contributed by atoms with Gasteiger partial charge in [0.1, 0.15) is 0 Å². The Balaban J connectivity index is 2.69. The van der Waals surface area contributed by atoms with E-state index in [4.69, 9.17) is 5.11 Å². The van der Waals surface area contributed by atoms with Crippen LogP contribution in [0, 0.1) is 0 Å². The number of halogens is 3. The van der Waals surface area contributed by atoms with Gasteiger partial charge in [0.15, 0.2) is 6.10 Å². The first-order valence-corrected chi connectivity index (χ1v) is 5.73. The van der Waals surface area contributed by atoms with Crippen molar-refractivity contribution in [1.82, 2.24) is 0 Å². The molecule has 0 aliphatic carbocycles. The molecule has 88 valence electrons. The summed E-state index contributed by atoms with van der Waals surface area (Å²) in [6.07, 6.45) is -3.11.